The largest absolute Gasteiger partial charge is 0.265 e. The molecule has 0 atom stereocenters. The standard InChI is InChI=1S/C9H8N/c1-2-3-4-9-5-7-10-8-6-9/h5-8H,1-2H2. The van der Waals surface area contributed by atoms with Gasteiger partial charge in [0, 0.05) is 24.4 Å². The third kappa shape index (κ3) is 1.91. The summed E-state index contributed by atoms with van der Waals surface area (Å²) in [5.74, 6) is 5.82. The summed E-state index contributed by atoms with van der Waals surface area (Å²) in [7, 11) is 0. The summed E-state index contributed by atoms with van der Waals surface area (Å²) < 4.78 is 0. The Hall–Kier alpha value is -1.29. The van der Waals surface area contributed by atoms with Gasteiger partial charge >= 0.3 is 0 Å². The first-order valence-electron chi connectivity index (χ1n) is 3.11. The van der Waals surface area contributed by atoms with Crippen LogP contribution < -0.4 is 0 Å². The van der Waals surface area contributed by atoms with Gasteiger partial charge in [0.15, 0.2) is 0 Å². The zero-order chi connectivity index (χ0) is 7.23. The molecule has 10 heavy (non-hydrogen) atoms. The van der Waals surface area contributed by atoms with Crippen molar-refractivity contribution in [1.29, 1.82) is 0 Å². The van der Waals surface area contributed by atoms with E-state index in [4.69, 9.17) is 0 Å². The Bertz CT molecular complexity index is 240. The van der Waals surface area contributed by atoms with Gasteiger partial charge in [0.1, 0.15) is 0 Å². The second-order valence-electron chi connectivity index (χ2n) is 1.79. The van der Waals surface area contributed by atoms with Crippen molar-refractivity contribution < 1.29 is 0 Å². The highest BCUT2D eigenvalue weighted by Crippen LogP contribution is 1.91. The van der Waals surface area contributed by atoms with Crippen molar-refractivity contribution in [2.45, 2.75) is 6.42 Å². The minimum Gasteiger partial charge on any atom is -0.265 e. The second-order valence-corrected chi connectivity index (χ2v) is 1.79. The summed E-state index contributed by atoms with van der Waals surface area (Å²) in [4.78, 5) is 3.87. The quantitative estimate of drug-likeness (QED) is 0.487. The smallest absolute Gasteiger partial charge is 0.0280 e. The maximum Gasteiger partial charge on any atom is 0.0280 e. The van der Waals surface area contributed by atoms with Crippen LogP contribution in [0.1, 0.15) is 12.0 Å². The predicted molar refractivity (Wildman–Crippen MR) is 41.1 cm³/mol. The van der Waals surface area contributed by atoms with Crippen LogP contribution in [0.5, 0.6) is 0 Å². The molecule has 0 spiro atoms. The average molecular weight is 130 g/mol. The predicted octanol–water partition coefficient (Wildman–Crippen LogP) is 1.66. The van der Waals surface area contributed by atoms with Gasteiger partial charge in [0.25, 0.3) is 0 Å². The lowest BCUT2D eigenvalue weighted by Crippen LogP contribution is -1.73. The van der Waals surface area contributed by atoms with Crippen molar-refractivity contribution in [3.63, 3.8) is 0 Å². The van der Waals surface area contributed by atoms with Crippen LogP contribution >= 0.6 is 0 Å². The molecule has 0 unspecified atom stereocenters. The molecule has 0 saturated heterocycles. The zero-order valence-electron chi connectivity index (χ0n) is 5.67. The Balaban J connectivity index is 2.76. The Morgan fingerprint density at radius 1 is 1.40 bits per heavy atom. The summed E-state index contributed by atoms with van der Waals surface area (Å²) in [6, 6.07) is 3.76. The summed E-state index contributed by atoms with van der Waals surface area (Å²) in [6.45, 7) is 3.61. The number of aromatic nitrogens is 1. The molecule has 1 nitrogen and oxygen atoms in total. The van der Waals surface area contributed by atoms with Gasteiger partial charge in [-0.3, -0.25) is 4.98 Å². The molecule has 1 radical (unpaired) electrons. The molecular weight excluding hydrogens is 122 g/mol. The van der Waals surface area contributed by atoms with Crippen LogP contribution in [0.2, 0.25) is 0 Å². The maximum absolute atomic E-state index is 3.87. The van der Waals surface area contributed by atoms with Gasteiger partial charge in [0.05, 0.1) is 0 Å². The Kier molecular flexibility index (Phi) is 2.51. The first kappa shape index (κ1) is 6.82. The van der Waals surface area contributed by atoms with Gasteiger partial charge in [-0.15, -0.1) is 0 Å². The van der Waals surface area contributed by atoms with Gasteiger partial charge in [0.2, 0.25) is 0 Å². The number of nitrogens with zero attached hydrogens (tertiary/aromatic N) is 1. The molecule has 1 rings (SSSR count). The highest BCUT2D eigenvalue weighted by Gasteiger charge is 1.79. The van der Waals surface area contributed by atoms with Crippen molar-refractivity contribution in [3.05, 3.63) is 37.0 Å². The van der Waals surface area contributed by atoms with Crippen molar-refractivity contribution in [3.8, 4) is 11.8 Å². The lowest BCUT2D eigenvalue weighted by Gasteiger charge is -1.83. The van der Waals surface area contributed by atoms with Crippen molar-refractivity contribution in [2.24, 2.45) is 0 Å². The molecule has 0 fully saturated rings. The fraction of sp³-hybridized carbons (Fsp3) is 0.111. The Labute approximate surface area is 61.1 Å². The van der Waals surface area contributed by atoms with E-state index < -0.39 is 0 Å². The SMILES string of the molecule is [CH2]CC#Cc1ccncc1. The van der Waals surface area contributed by atoms with Crippen molar-refractivity contribution in [2.75, 3.05) is 0 Å². The molecular formula is C9H8N. The van der Waals surface area contributed by atoms with Crippen LogP contribution in [0.4, 0.5) is 0 Å². The molecule has 0 saturated carbocycles. The van der Waals surface area contributed by atoms with E-state index in [0.717, 1.165) is 5.56 Å². The lowest BCUT2D eigenvalue weighted by atomic mass is 10.3. The molecule has 1 aromatic heterocycles. The lowest BCUT2D eigenvalue weighted by molar-refractivity contribution is 1.32. The molecule has 0 aliphatic rings. The van der Waals surface area contributed by atoms with Gasteiger partial charge in [-0.05, 0) is 19.1 Å². The third-order valence-corrected chi connectivity index (χ3v) is 1.04. The second kappa shape index (κ2) is 3.68. The average Bonchev–Trinajstić information content (AvgIpc) is 2.03. The molecule has 1 heteroatoms. The van der Waals surface area contributed by atoms with Crippen LogP contribution in [0.25, 0.3) is 0 Å². The molecule has 1 aromatic rings. The number of hydrogen-bond donors (Lipinski definition) is 0. The summed E-state index contributed by atoms with van der Waals surface area (Å²) in [6.07, 6.45) is 4.11. The number of pyridine rings is 1. The van der Waals surface area contributed by atoms with Crippen molar-refractivity contribution in [1.82, 2.24) is 4.98 Å². The minimum absolute atomic E-state index is 0.655. The van der Waals surface area contributed by atoms with E-state index in [1.165, 1.54) is 0 Å². The first-order chi connectivity index (χ1) is 4.93. The topological polar surface area (TPSA) is 12.9 Å². The number of rotatable bonds is 0. The Morgan fingerprint density at radius 3 is 2.70 bits per heavy atom. The Morgan fingerprint density at radius 2 is 2.10 bits per heavy atom. The van der Waals surface area contributed by atoms with E-state index in [-0.39, 0.29) is 0 Å². The van der Waals surface area contributed by atoms with E-state index in [2.05, 4.69) is 23.7 Å². The zero-order valence-corrected chi connectivity index (χ0v) is 5.67. The van der Waals surface area contributed by atoms with Gasteiger partial charge < -0.3 is 0 Å². The van der Waals surface area contributed by atoms with Gasteiger partial charge in [-0.25, -0.2) is 0 Å². The van der Waals surface area contributed by atoms with Crippen molar-refractivity contribution >= 4 is 0 Å². The monoisotopic (exact) mass is 130 g/mol. The van der Waals surface area contributed by atoms with Crippen LogP contribution in [0.3, 0.4) is 0 Å². The fourth-order valence-corrected chi connectivity index (χ4v) is 0.600. The fourth-order valence-electron chi connectivity index (χ4n) is 0.600. The van der Waals surface area contributed by atoms with Crippen LogP contribution in [0, 0.1) is 18.8 Å². The summed E-state index contributed by atoms with van der Waals surface area (Å²) >= 11 is 0. The molecule has 0 aliphatic heterocycles. The molecule has 1 heterocycles. The van der Waals surface area contributed by atoms with Crippen LogP contribution in [0.15, 0.2) is 24.5 Å². The van der Waals surface area contributed by atoms with E-state index >= 15 is 0 Å². The van der Waals surface area contributed by atoms with E-state index in [0.29, 0.717) is 6.42 Å². The van der Waals surface area contributed by atoms with Crippen LogP contribution in [-0.2, 0) is 0 Å². The highest BCUT2D eigenvalue weighted by atomic mass is 14.6. The molecule has 0 bridgehead atoms. The molecule has 0 aromatic carbocycles. The van der Waals surface area contributed by atoms with E-state index in [1.54, 1.807) is 12.4 Å². The summed E-state index contributed by atoms with van der Waals surface area (Å²) in [5.41, 5.74) is 0.999. The first-order valence-corrected chi connectivity index (χ1v) is 3.11. The summed E-state index contributed by atoms with van der Waals surface area (Å²) in [5, 5.41) is 0. The maximum atomic E-state index is 3.87. The van der Waals surface area contributed by atoms with Gasteiger partial charge in [-0.2, -0.15) is 0 Å². The molecule has 49 valence electrons. The minimum atomic E-state index is 0.655. The highest BCUT2D eigenvalue weighted by molar-refractivity contribution is 5.31. The number of hydrogen-bond acceptors (Lipinski definition) is 1. The third-order valence-electron chi connectivity index (χ3n) is 1.04. The normalized spacial score (nSPS) is 8.10. The molecule has 0 N–H and O–H groups in total. The van der Waals surface area contributed by atoms with Gasteiger partial charge in [-0.1, -0.05) is 11.8 Å². The molecule has 0 amide bonds. The molecule has 0 aliphatic carbocycles. The van der Waals surface area contributed by atoms with Crippen LogP contribution in [-0.4, -0.2) is 4.98 Å². The van der Waals surface area contributed by atoms with E-state index in [9.17, 15) is 0 Å². The van der Waals surface area contributed by atoms with E-state index in [1.807, 2.05) is 12.1 Å².